The van der Waals surface area contributed by atoms with Crippen molar-refractivity contribution in [2.75, 3.05) is 26.8 Å². The Labute approximate surface area is 228 Å². The summed E-state index contributed by atoms with van der Waals surface area (Å²) in [5, 5.41) is 0. The molecule has 4 heterocycles. The van der Waals surface area contributed by atoms with Crippen LogP contribution in [0, 0.1) is 11.3 Å². The van der Waals surface area contributed by atoms with E-state index in [4.69, 9.17) is 18.6 Å². The second-order valence-electron chi connectivity index (χ2n) is 10.5. The van der Waals surface area contributed by atoms with Crippen molar-refractivity contribution < 1.29 is 33.0 Å². The van der Waals surface area contributed by atoms with Gasteiger partial charge in [0.15, 0.2) is 0 Å². The van der Waals surface area contributed by atoms with E-state index in [9.17, 15) is 14.4 Å². The molecule has 2 saturated heterocycles. The number of piperidine rings is 1. The molecule has 0 spiro atoms. The summed E-state index contributed by atoms with van der Waals surface area (Å²) in [5.41, 5.74) is 0.310. The predicted octanol–water partition coefficient (Wildman–Crippen LogP) is 3.69. The molecule has 0 bridgehead atoms. The minimum atomic E-state index is -1.25. The van der Waals surface area contributed by atoms with Gasteiger partial charge in [0, 0.05) is 31.1 Å². The molecule has 9 heteroatoms. The molecule has 0 saturated carbocycles. The number of ether oxygens (including phenoxy) is 3. The number of methoxy groups -OCH3 is 1. The Bertz CT molecular complexity index is 1190. The lowest BCUT2D eigenvalue weighted by molar-refractivity contribution is -0.178. The molecule has 9 nitrogen and oxygen atoms in total. The highest BCUT2D eigenvalue weighted by Gasteiger charge is 2.59. The van der Waals surface area contributed by atoms with Crippen LogP contribution < -0.4 is 0 Å². The summed E-state index contributed by atoms with van der Waals surface area (Å²) < 4.78 is 23.2. The van der Waals surface area contributed by atoms with Gasteiger partial charge in [-0.05, 0) is 50.0 Å². The van der Waals surface area contributed by atoms with Gasteiger partial charge in [-0.3, -0.25) is 14.4 Å². The molecule has 0 radical (unpaired) electrons. The minimum absolute atomic E-state index is 0.0375. The van der Waals surface area contributed by atoms with Crippen LogP contribution in [-0.2, 0) is 41.7 Å². The van der Waals surface area contributed by atoms with Gasteiger partial charge < -0.3 is 28.4 Å². The molecule has 1 aromatic heterocycles. The number of carbonyl (C=O) groups excluding carboxylic acids is 3. The highest BCUT2D eigenvalue weighted by Crippen LogP contribution is 2.50. The molecule has 39 heavy (non-hydrogen) atoms. The highest BCUT2D eigenvalue weighted by molar-refractivity contribution is 5.92. The van der Waals surface area contributed by atoms with Gasteiger partial charge in [0.25, 0.3) is 0 Å². The van der Waals surface area contributed by atoms with E-state index >= 15 is 0 Å². The van der Waals surface area contributed by atoms with Crippen molar-refractivity contribution in [1.82, 2.24) is 9.80 Å². The molecule has 2 amide bonds. The summed E-state index contributed by atoms with van der Waals surface area (Å²) in [5.74, 6) is -0.872. The van der Waals surface area contributed by atoms with Gasteiger partial charge in [-0.15, -0.1) is 0 Å². The van der Waals surface area contributed by atoms with Crippen LogP contribution in [0.5, 0.6) is 0 Å². The number of furan rings is 1. The van der Waals surface area contributed by atoms with Crippen LogP contribution in [0.15, 0.2) is 64.9 Å². The van der Waals surface area contributed by atoms with Crippen molar-refractivity contribution in [2.45, 2.75) is 58.0 Å². The lowest BCUT2D eigenvalue weighted by Gasteiger charge is -2.51. The van der Waals surface area contributed by atoms with Gasteiger partial charge in [-0.25, -0.2) is 0 Å². The van der Waals surface area contributed by atoms with Crippen LogP contribution in [0.1, 0.15) is 43.9 Å². The maximum absolute atomic E-state index is 14.0. The normalized spacial score (nSPS) is 26.8. The zero-order valence-electron chi connectivity index (χ0n) is 22.5. The first-order valence-electron chi connectivity index (χ1n) is 13.6. The van der Waals surface area contributed by atoms with Crippen molar-refractivity contribution in [2.24, 2.45) is 11.3 Å². The first kappa shape index (κ1) is 27.1. The Morgan fingerprint density at radius 3 is 2.56 bits per heavy atom. The minimum Gasteiger partial charge on any atom is -0.468 e. The smallest absolute Gasteiger partial charge is 0.320 e. The molecular formula is C30H36N2O7. The average Bonchev–Trinajstić information content (AvgIpc) is 3.67. The summed E-state index contributed by atoms with van der Waals surface area (Å²) >= 11 is 0. The Kier molecular flexibility index (Phi) is 8.18. The van der Waals surface area contributed by atoms with Gasteiger partial charge in [0.1, 0.15) is 17.3 Å². The number of benzene rings is 1. The first-order valence-corrected chi connectivity index (χ1v) is 13.6. The van der Waals surface area contributed by atoms with Crippen LogP contribution in [-0.4, -0.2) is 66.6 Å². The van der Waals surface area contributed by atoms with Crippen LogP contribution >= 0.6 is 0 Å². The molecule has 3 aliphatic heterocycles. The second-order valence-corrected chi connectivity index (χ2v) is 10.5. The van der Waals surface area contributed by atoms with Gasteiger partial charge in [-0.1, -0.05) is 30.3 Å². The van der Waals surface area contributed by atoms with Gasteiger partial charge >= 0.3 is 5.97 Å². The van der Waals surface area contributed by atoms with Crippen LogP contribution in [0.2, 0.25) is 0 Å². The molecule has 0 aliphatic carbocycles. The number of hydrogen-bond acceptors (Lipinski definition) is 7. The van der Waals surface area contributed by atoms with E-state index in [2.05, 4.69) is 0 Å². The quantitative estimate of drug-likeness (QED) is 0.451. The number of esters is 1. The maximum atomic E-state index is 14.0. The number of likely N-dealkylation sites (tertiary alicyclic amines) is 2. The van der Waals surface area contributed by atoms with E-state index in [1.807, 2.05) is 37.3 Å². The van der Waals surface area contributed by atoms with Crippen molar-refractivity contribution in [3.8, 4) is 0 Å². The fourth-order valence-electron chi connectivity index (χ4n) is 6.04. The second kappa shape index (κ2) is 11.8. The monoisotopic (exact) mass is 536 g/mol. The van der Waals surface area contributed by atoms with E-state index in [-0.39, 0.29) is 37.8 Å². The van der Waals surface area contributed by atoms with E-state index in [1.54, 1.807) is 34.3 Å². The number of fused-ring (bicyclic) bond motifs is 1. The largest absolute Gasteiger partial charge is 0.468 e. The summed E-state index contributed by atoms with van der Waals surface area (Å²) in [6.45, 7) is 4.03. The predicted molar refractivity (Wildman–Crippen MR) is 141 cm³/mol. The maximum Gasteiger partial charge on any atom is 0.320 e. The number of nitrogens with zero attached hydrogens (tertiary/aromatic N) is 2. The molecule has 4 atom stereocenters. The lowest BCUT2D eigenvalue weighted by Crippen LogP contribution is -2.60. The SMILES string of the molecule is COC(=O)[C@]12C[C@H](CC(=O)N3CCCC3)C(=O)N(Cc3ccco3)C1=C[C@H](COCc1ccccc1)O[C@@H]2C. The Morgan fingerprint density at radius 2 is 1.87 bits per heavy atom. The van der Waals surface area contributed by atoms with E-state index in [1.165, 1.54) is 7.11 Å². The molecule has 5 rings (SSSR count). The third-order valence-corrected chi connectivity index (χ3v) is 8.07. The fourth-order valence-corrected chi connectivity index (χ4v) is 6.04. The zero-order valence-corrected chi connectivity index (χ0v) is 22.5. The third kappa shape index (κ3) is 5.51. The van der Waals surface area contributed by atoms with Gasteiger partial charge in [-0.2, -0.15) is 0 Å². The Hall–Kier alpha value is -3.43. The fraction of sp³-hybridized carbons (Fsp3) is 0.500. The van der Waals surface area contributed by atoms with Gasteiger partial charge in [0.05, 0.1) is 39.2 Å². The van der Waals surface area contributed by atoms with Crippen molar-refractivity contribution in [3.05, 3.63) is 71.8 Å². The molecule has 0 unspecified atom stereocenters. The third-order valence-electron chi connectivity index (χ3n) is 8.07. The Balaban J connectivity index is 1.45. The number of amides is 2. The van der Waals surface area contributed by atoms with Crippen molar-refractivity contribution in [3.63, 3.8) is 0 Å². The topological polar surface area (TPSA) is 98.5 Å². The van der Waals surface area contributed by atoms with E-state index in [0.717, 1.165) is 18.4 Å². The summed E-state index contributed by atoms with van der Waals surface area (Å²) in [7, 11) is 1.34. The molecular weight excluding hydrogens is 500 g/mol. The van der Waals surface area contributed by atoms with Crippen molar-refractivity contribution >= 4 is 17.8 Å². The summed E-state index contributed by atoms with van der Waals surface area (Å²) in [6.07, 6.45) is 4.36. The number of carbonyl (C=O) groups is 3. The molecule has 2 fully saturated rings. The number of rotatable bonds is 9. The molecule has 3 aliphatic rings. The molecule has 208 valence electrons. The average molecular weight is 537 g/mol. The van der Waals surface area contributed by atoms with Gasteiger partial charge in [0.2, 0.25) is 11.8 Å². The molecule has 1 aromatic carbocycles. The molecule has 0 N–H and O–H groups in total. The Morgan fingerprint density at radius 1 is 1.10 bits per heavy atom. The summed E-state index contributed by atoms with van der Waals surface area (Å²) in [4.78, 5) is 44.0. The van der Waals surface area contributed by atoms with E-state index < -0.39 is 29.5 Å². The van der Waals surface area contributed by atoms with Crippen molar-refractivity contribution in [1.29, 1.82) is 0 Å². The first-order chi connectivity index (χ1) is 18.9. The lowest BCUT2D eigenvalue weighted by atomic mass is 9.66. The van der Waals surface area contributed by atoms with Crippen LogP contribution in [0.4, 0.5) is 0 Å². The molecule has 2 aromatic rings. The highest BCUT2D eigenvalue weighted by atomic mass is 16.6. The van der Waals surface area contributed by atoms with E-state index in [0.29, 0.717) is 31.2 Å². The number of hydrogen-bond donors (Lipinski definition) is 0. The van der Waals surface area contributed by atoms with Crippen LogP contribution in [0.25, 0.3) is 0 Å². The van der Waals surface area contributed by atoms with Crippen LogP contribution in [0.3, 0.4) is 0 Å². The standard InChI is InChI=1S/C30H36N2O7/c1-21-30(29(35)36-2)17-23(15-27(33)31-12-6-7-13-31)28(34)32(18-24-11-8-14-38-24)26(30)16-25(39-21)20-37-19-22-9-4-3-5-10-22/h3-5,8-11,14,16,21,23,25H,6-7,12-13,15,17-20H2,1-2H3/t21-,23+,25-,30+/m1/s1. The summed E-state index contributed by atoms with van der Waals surface area (Å²) in [6, 6.07) is 13.4. The zero-order chi connectivity index (χ0) is 27.4.